The van der Waals surface area contributed by atoms with Gasteiger partial charge < -0.3 is 9.84 Å². The van der Waals surface area contributed by atoms with Gasteiger partial charge in [-0.25, -0.2) is 9.59 Å². The van der Waals surface area contributed by atoms with Gasteiger partial charge in [0, 0.05) is 12.6 Å². The van der Waals surface area contributed by atoms with Gasteiger partial charge in [-0.3, -0.25) is 9.36 Å². The molecule has 0 saturated carbocycles. The van der Waals surface area contributed by atoms with E-state index in [0.717, 1.165) is 9.25 Å². The van der Waals surface area contributed by atoms with Crippen molar-refractivity contribution in [2.45, 2.75) is 19.9 Å². The molecule has 8 heteroatoms. The van der Waals surface area contributed by atoms with Crippen LogP contribution in [0, 0.1) is 0 Å². The monoisotopic (exact) mass is 305 g/mol. The average Bonchev–Trinajstić information content (AvgIpc) is 2.51. The highest BCUT2D eigenvalue weighted by molar-refractivity contribution is 5.84. The Morgan fingerprint density at radius 2 is 2.09 bits per heavy atom. The minimum atomic E-state index is -1.48. The van der Waals surface area contributed by atoms with Gasteiger partial charge in [0.05, 0.1) is 12.8 Å². The molecule has 22 heavy (non-hydrogen) atoms. The fraction of sp³-hybridized carbons (Fsp3) is 0.286. The van der Waals surface area contributed by atoms with Gasteiger partial charge in [-0.15, -0.1) is 0 Å². The van der Waals surface area contributed by atoms with Crippen molar-refractivity contribution in [3.63, 3.8) is 0 Å². The molecule has 0 unspecified atom stereocenters. The van der Waals surface area contributed by atoms with Crippen molar-refractivity contribution in [3.8, 4) is 11.4 Å². The number of benzene rings is 1. The molecule has 8 nitrogen and oxygen atoms in total. The number of nitrogens with zero attached hydrogens (tertiary/aromatic N) is 3. The van der Waals surface area contributed by atoms with E-state index >= 15 is 0 Å². The first kappa shape index (κ1) is 15.5. The van der Waals surface area contributed by atoms with Crippen LogP contribution in [-0.4, -0.2) is 32.5 Å². The molecule has 2 rings (SSSR count). The number of aromatic nitrogens is 3. The number of carboxylic acids is 1. The van der Waals surface area contributed by atoms with Crippen molar-refractivity contribution in [3.05, 3.63) is 50.8 Å². The quantitative estimate of drug-likeness (QED) is 0.863. The summed E-state index contributed by atoms with van der Waals surface area (Å²) in [5.74, 6) is -0.997. The van der Waals surface area contributed by atoms with Gasteiger partial charge in [-0.05, 0) is 18.6 Å². The number of hydrogen-bond acceptors (Lipinski definition) is 5. The third-order valence-corrected chi connectivity index (χ3v) is 3.01. The zero-order valence-corrected chi connectivity index (χ0v) is 12.1. The van der Waals surface area contributed by atoms with Crippen LogP contribution in [0.4, 0.5) is 0 Å². The molecule has 116 valence electrons. The Hall–Kier alpha value is -2.90. The van der Waals surface area contributed by atoms with E-state index < -0.39 is 22.9 Å². The normalized spacial score (nSPS) is 10.5. The largest absolute Gasteiger partial charge is 0.497 e. The van der Waals surface area contributed by atoms with Gasteiger partial charge in [0.25, 0.3) is 5.56 Å². The maximum absolute atomic E-state index is 12.4. The van der Waals surface area contributed by atoms with E-state index in [-0.39, 0.29) is 6.54 Å². The molecule has 0 aliphatic heterocycles. The highest BCUT2D eigenvalue weighted by Gasteiger charge is 2.19. The number of rotatable bonds is 5. The fourth-order valence-corrected chi connectivity index (χ4v) is 1.98. The average molecular weight is 305 g/mol. The molecule has 0 bridgehead atoms. The van der Waals surface area contributed by atoms with Crippen LogP contribution >= 0.6 is 0 Å². The molecule has 2 aromatic rings. The molecule has 0 radical (unpaired) electrons. The second-order valence-corrected chi connectivity index (χ2v) is 4.51. The lowest BCUT2D eigenvalue weighted by atomic mass is 10.3. The zero-order valence-electron chi connectivity index (χ0n) is 12.1. The van der Waals surface area contributed by atoms with Crippen LogP contribution in [-0.2, 0) is 6.54 Å². The topological polar surface area (TPSA) is 103 Å². The maximum Gasteiger partial charge on any atom is 0.362 e. The van der Waals surface area contributed by atoms with Crippen LogP contribution in [0.25, 0.3) is 5.69 Å². The highest BCUT2D eigenvalue weighted by Crippen LogP contribution is 2.14. The third-order valence-electron chi connectivity index (χ3n) is 3.01. The van der Waals surface area contributed by atoms with E-state index in [1.165, 1.54) is 13.2 Å². The van der Waals surface area contributed by atoms with E-state index in [1.807, 2.05) is 0 Å². The summed E-state index contributed by atoms with van der Waals surface area (Å²) in [6.07, 6.45) is 0.510. The molecule has 0 aliphatic carbocycles. The number of ether oxygens (including phenoxy) is 1. The Balaban J connectivity index is 2.77. The second-order valence-electron chi connectivity index (χ2n) is 4.51. The molecule has 0 spiro atoms. The van der Waals surface area contributed by atoms with Crippen LogP contribution in [0.2, 0.25) is 0 Å². The van der Waals surface area contributed by atoms with E-state index in [1.54, 1.807) is 25.1 Å². The van der Waals surface area contributed by atoms with Gasteiger partial charge >= 0.3 is 11.7 Å². The maximum atomic E-state index is 12.4. The number of carbonyl (C=O) groups is 1. The Morgan fingerprint density at radius 3 is 2.68 bits per heavy atom. The van der Waals surface area contributed by atoms with Gasteiger partial charge in [0.15, 0.2) is 0 Å². The molecule has 0 atom stereocenters. The van der Waals surface area contributed by atoms with Crippen LogP contribution in [0.15, 0.2) is 33.9 Å². The van der Waals surface area contributed by atoms with Gasteiger partial charge in [-0.2, -0.15) is 9.78 Å². The van der Waals surface area contributed by atoms with Crippen molar-refractivity contribution in [2.24, 2.45) is 0 Å². The molecule has 0 aliphatic rings. The van der Waals surface area contributed by atoms with Crippen molar-refractivity contribution < 1.29 is 14.6 Å². The summed E-state index contributed by atoms with van der Waals surface area (Å²) in [5.41, 5.74) is -1.98. The minimum Gasteiger partial charge on any atom is -0.497 e. The Bertz CT molecular complexity index is 822. The van der Waals surface area contributed by atoms with E-state index in [4.69, 9.17) is 9.84 Å². The smallest absolute Gasteiger partial charge is 0.362 e. The number of carboxylic acid groups (broad SMARTS) is 1. The molecule has 1 aromatic carbocycles. The molecule has 0 fully saturated rings. The lowest BCUT2D eigenvalue weighted by molar-refractivity contribution is 0.0684. The minimum absolute atomic E-state index is 0.116. The molecule has 1 N–H and O–H groups in total. The summed E-state index contributed by atoms with van der Waals surface area (Å²) in [7, 11) is 1.47. The first-order valence-electron chi connectivity index (χ1n) is 6.61. The SMILES string of the molecule is CCCn1c(=O)c(C(=O)O)nn(-c2cccc(OC)c2)c1=O. The third kappa shape index (κ3) is 2.76. The van der Waals surface area contributed by atoms with Gasteiger partial charge in [-0.1, -0.05) is 13.0 Å². The summed E-state index contributed by atoms with van der Waals surface area (Å²) < 4.78 is 6.83. The summed E-state index contributed by atoms with van der Waals surface area (Å²) in [4.78, 5) is 35.6. The Labute approximate surface area is 125 Å². The summed E-state index contributed by atoms with van der Waals surface area (Å²) in [5, 5.41) is 12.8. The van der Waals surface area contributed by atoms with Crippen LogP contribution in [0.3, 0.4) is 0 Å². The number of methoxy groups -OCH3 is 1. The van der Waals surface area contributed by atoms with Crippen molar-refractivity contribution in [1.29, 1.82) is 0 Å². The highest BCUT2D eigenvalue weighted by atomic mass is 16.5. The van der Waals surface area contributed by atoms with Crippen molar-refractivity contribution >= 4 is 5.97 Å². The zero-order chi connectivity index (χ0) is 16.3. The predicted octanol–water partition coefficient (Wildman–Crippen LogP) is 0.511. The lowest BCUT2D eigenvalue weighted by Crippen LogP contribution is -2.44. The summed E-state index contributed by atoms with van der Waals surface area (Å²) in [6, 6.07) is 6.41. The molecule has 0 saturated heterocycles. The van der Waals surface area contributed by atoms with Gasteiger partial charge in [0.1, 0.15) is 5.75 Å². The van der Waals surface area contributed by atoms with Gasteiger partial charge in [0.2, 0.25) is 5.69 Å². The van der Waals surface area contributed by atoms with Crippen LogP contribution in [0.1, 0.15) is 23.8 Å². The molecular formula is C14H15N3O5. The Kier molecular flexibility index (Phi) is 4.40. The predicted molar refractivity (Wildman–Crippen MR) is 77.9 cm³/mol. The Morgan fingerprint density at radius 1 is 1.36 bits per heavy atom. The molecule has 1 aromatic heterocycles. The van der Waals surface area contributed by atoms with E-state index in [9.17, 15) is 14.4 Å². The first-order valence-corrected chi connectivity index (χ1v) is 6.61. The first-order chi connectivity index (χ1) is 10.5. The van der Waals surface area contributed by atoms with E-state index in [2.05, 4.69) is 5.10 Å². The molecule has 1 heterocycles. The number of aromatic carboxylic acids is 1. The van der Waals surface area contributed by atoms with Crippen LogP contribution < -0.4 is 16.0 Å². The molecule has 0 amide bonds. The van der Waals surface area contributed by atoms with E-state index in [0.29, 0.717) is 17.9 Å². The summed E-state index contributed by atoms with van der Waals surface area (Å²) >= 11 is 0. The standard InChI is InChI=1S/C14H15N3O5/c1-3-7-16-12(18)11(13(19)20)15-17(14(16)21)9-5-4-6-10(8-9)22-2/h4-6,8H,3,7H2,1-2H3,(H,19,20). The lowest BCUT2D eigenvalue weighted by Gasteiger charge is -2.10. The summed E-state index contributed by atoms with van der Waals surface area (Å²) in [6.45, 7) is 1.90. The molecular weight excluding hydrogens is 290 g/mol. The van der Waals surface area contributed by atoms with Crippen molar-refractivity contribution in [2.75, 3.05) is 7.11 Å². The van der Waals surface area contributed by atoms with Crippen LogP contribution in [0.5, 0.6) is 5.75 Å². The second kappa shape index (κ2) is 6.25. The number of hydrogen-bond donors (Lipinski definition) is 1. The van der Waals surface area contributed by atoms with Crippen molar-refractivity contribution in [1.82, 2.24) is 14.3 Å². The fourth-order valence-electron chi connectivity index (χ4n) is 1.98.